The maximum atomic E-state index is 6.73. The second kappa shape index (κ2) is 14.0. The van der Waals surface area contributed by atoms with E-state index in [1.807, 2.05) is 78.9 Å². The van der Waals surface area contributed by atoms with E-state index in [0.29, 0.717) is 11.5 Å². The minimum absolute atomic E-state index is 0.433. The van der Waals surface area contributed by atoms with Gasteiger partial charge >= 0.3 is 14.2 Å². The third-order valence-electron chi connectivity index (χ3n) is 11.1. The molecule has 0 aliphatic carbocycles. The van der Waals surface area contributed by atoms with E-state index < -0.39 is 42.9 Å². The van der Waals surface area contributed by atoms with Crippen LogP contribution in [0.3, 0.4) is 0 Å². The number of hydrogen-bond donors (Lipinski definition) is 0. The fraction of sp³-hybridized carbons (Fsp3) is 0.318. The van der Waals surface area contributed by atoms with Gasteiger partial charge < -0.3 is 32.8 Å². The first-order valence-corrected chi connectivity index (χ1v) is 18.2. The van der Waals surface area contributed by atoms with Crippen LogP contribution in [0.2, 0.25) is 0 Å². The number of methoxy groups -OCH3 is 1. The molecule has 5 aromatic carbocycles. The SMILES string of the molecule is COc1cccc(-c2cccc(-c3ccccc3C(Oc3ccc(B4OC(C)(C)C(C)(C)O4)cc3)Oc3ccc(B4OC(C)(C)C(C)(C)O4)cc3)c2)c1. The lowest BCUT2D eigenvalue weighted by molar-refractivity contribution is 0.00430. The van der Waals surface area contributed by atoms with Crippen molar-refractivity contribution in [3.05, 3.63) is 127 Å². The molecule has 0 amide bonds. The highest BCUT2D eigenvalue weighted by atomic mass is 16.7. The highest BCUT2D eigenvalue weighted by Gasteiger charge is 2.52. The molecule has 0 unspecified atom stereocenters. The Kier molecular flexibility index (Phi) is 9.75. The van der Waals surface area contributed by atoms with Crippen molar-refractivity contribution in [1.82, 2.24) is 0 Å². The molecule has 0 atom stereocenters. The Bertz CT molecular complexity index is 1940. The van der Waals surface area contributed by atoms with E-state index >= 15 is 0 Å². The maximum absolute atomic E-state index is 6.73. The van der Waals surface area contributed by atoms with Crippen LogP contribution in [0.5, 0.6) is 17.2 Å². The molecule has 9 heteroatoms. The Morgan fingerprint density at radius 2 is 0.887 bits per heavy atom. The van der Waals surface area contributed by atoms with Gasteiger partial charge in [-0.1, -0.05) is 78.9 Å². The molecule has 0 N–H and O–H groups in total. The third kappa shape index (κ3) is 7.49. The smallest absolute Gasteiger partial charge is 0.494 e. The molecule has 7 nitrogen and oxygen atoms in total. The summed E-state index contributed by atoms with van der Waals surface area (Å²) in [5.41, 5.74) is 5.14. The highest BCUT2D eigenvalue weighted by Crippen LogP contribution is 2.39. The number of ether oxygens (including phenoxy) is 3. The number of rotatable bonds is 10. The zero-order valence-corrected chi connectivity index (χ0v) is 32.1. The summed E-state index contributed by atoms with van der Waals surface area (Å²) in [6, 6.07) is 40.4. The quantitative estimate of drug-likeness (QED) is 0.106. The first-order chi connectivity index (χ1) is 25.1. The van der Waals surface area contributed by atoms with Crippen molar-refractivity contribution < 1.29 is 32.8 Å². The number of hydrogen-bond acceptors (Lipinski definition) is 7. The molecule has 0 saturated carbocycles. The minimum Gasteiger partial charge on any atom is -0.497 e. The van der Waals surface area contributed by atoms with Crippen molar-refractivity contribution >= 4 is 25.2 Å². The molecule has 2 heterocycles. The van der Waals surface area contributed by atoms with Gasteiger partial charge in [0.05, 0.1) is 29.5 Å². The molecule has 272 valence electrons. The first kappa shape index (κ1) is 36.8. The van der Waals surface area contributed by atoms with E-state index in [0.717, 1.165) is 44.5 Å². The van der Waals surface area contributed by atoms with E-state index in [9.17, 15) is 0 Å². The average molecular weight is 710 g/mol. The van der Waals surface area contributed by atoms with Crippen molar-refractivity contribution in [2.24, 2.45) is 0 Å². The van der Waals surface area contributed by atoms with Crippen molar-refractivity contribution in [1.29, 1.82) is 0 Å². The van der Waals surface area contributed by atoms with Gasteiger partial charge in [0.2, 0.25) is 0 Å². The molecule has 0 bridgehead atoms. The second-order valence-corrected chi connectivity index (χ2v) is 15.8. The maximum Gasteiger partial charge on any atom is 0.494 e. The molecule has 2 aliphatic rings. The van der Waals surface area contributed by atoms with Crippen LogP contribution in [-0.4, -0.2) is 43.8 Å². The Balaban J connectivity index is 1.20. The van der Waals surface area contributed by atoms with Crippen LogP contribution in [0.15, 0.2) is 121 Å². The molecule has 0 spiro atoms. The summed E-state index contributed by atoms with van der Waals surface area (Å²) in [4.78, 5) is 0. The van der Waals surface area contributed by atoms with Crippen LogP contribution < -0.4 is 25.1 Å². The lowest BCUT2D eigenvalue weighted by Crippen LogP contribution is -2.41. The van der Waals surface area contributed by atoms with Gasteiger partial charge in [0.15, 0.2) is 0 Å². The summed E-state index contributed by atoms with van der Waals surface area (Å²) in [5.74, 6) is 2.09. The van der Waals surface area contributed by atoms with Crippen LogP contribution in [0.1, 0.15) is 67.2 Å². The van der Waals surface area contributed by atoms with E-state index in [4.69, 9.17) is 32.8 Å². The fourth-order valence-electron chi connectivity index (χ4n) is 6.40. The van der Waals surface area contributed by atoms with Gasteiger partial charge in [-0.15, -0.1) is 0 Å². The largest absolute Gasteiger partial charge is 0.497 e. The fourth-order valence-corrected chi connectivity index (χ4v) is 6.40. The van der Waals surface area contributed by atoms with Gasteiger partial charge in [0, 0.05) is 5.56 Å². The topological polar surface area (TPSA) is 64.6 Å². The summed E-state index contributed by atoms with van der Waals surface area (Å²) in [7, 11) is 0.741. The summed E-state index contributed by atoms with van der Waals surface area (Å²) in [5, 5.41) is 0. The van der Waals surface area contributed by atoms with E-state index in [-0.39, 0.29) is 0 Å². The molecule has 2 aliphatic heterocycles. The van der Waals surface area contributed by atoms with Gasteiger partial charge in [-0.25, -0.2) is 0 Å². The molecule has 2 saturated heterocycles. The van der Waals surface area contributed by atoms with Gasteiger partial charge in [-0.05, 0) is 131 Å². The Morgan fingerprint density at radius 1 is 0.453 bits per heavy atom. The molecule has 7 rings (SSSR count). The molecule has 5 aromatic rings. The van der Waals surface area contributed by atoms with Gasteiger partial charge in [-0.2, -0.15) is 0 Å². The lowest BCUT2D eigenvalue weighted by atomic mass is 9.79. The van der Waals surface area contributed by atoms with E-state index in [1.54, 1.807) is 7.11 Å². The summed E-state index contributed by atoms with van der Waals surface area (Å²) in [6.07, 6.45) is -0.794. The average Bonchev–Trinajstić information content (AvgIpc) is 3.51. The van der Waals surface area contributed by atoms with Gasteiger partial charge in [-0.3, -0.25) is 0 Å². The summed E-state index contributed by atoms with van der Waals surface area (Å²) in [6.45, 7) is 16.4. The summed E-state index contributed by atoms with van der Waals surface area (Å²) < 4.78 is 44.1. The molecule has 0 aromatic heterocycles. The first-order valence-electron chi connectivity index (χ1n) is 18.2. The lowest BCUT2D eigenvalue weighted by Gasteiger charge is -2.32. The van der Waals surface area contributed by atoms with Crippen molar-refractivity contribution in [3.8, 4) is 39.5 Å². The Labute approximate surface area is 314 Å². The van der Waals surface area contributed by atoms with Gasteiger partial charge in [0.25, 0.3) is 6.29 Å². The van der Waals surface area contributed by atoms with Crippen LogP contribution in [-0.2, 0) is 18.6 Å². The van der Waals surface area contributed by atoms with Crippen LogP contribution in [0.25, 0.3) is 22.3 Å². The highest BCUT2D eigenvalue weighted by molar-refractivity contribution is 6.62. The van der Waals surface area contributed by atoms with E-state index in [1.165, 1.54) is 0 Å². The third-order valence-corrected chi connectivity index (χ3v) is 11.1. The van der Waals surface area contributed by atoms with Gasteiger partial charge in [0.1, 0.15) is 17.2 Å². The molecule has 0 radical (unpaired) electrons. The van der Waals surface area contributed by atoms with E-state index in [2.05, 4.69) is 97.9 Å². The van der Waals surface area contributed by atoms with Crippen LogP contribution in [0.4, 0.5) is 0 Å². The Hall–Kier alpha value is -4.53. The molecular formula is C44H48B2O7. The standard InChI is InChI=1S/C44H48B2O7/c1-41(2)42(3,4)51-45(50-41)33-20-24-35(25-21-33)48-40(49-36-26-22-34(23-27-36)46-52-43(5,6)44(7,8)53-46)39-19-11-10-18-38(39)32-16-12-14-30(28-32)31-15-13-17-37(29-31)47-9/h10-29,40H,1-9H3. The van der Waals surface area contributed by atoms with Crippen LogP contribution >= 0.6 is 0 Å². The monoisotopic (exact) mass is 710 g/mol. The number of benzene rings is 5. The van der Waals surface area contributed by atoms with Crippen molar-refractivity contribution in [2.75, 3.05) is 7.11 Å². The minimum atomic E-state index is -0.794. The molecule has 53 heavy (non-hydrogen) atoms. The second-order valence-electron chi connectivity index (χ2n) is 15.8. The zero-order chi connectivity index (χ0) is 37.6. The zero-order valence-electron chi connectivity index (χ0n) is 32.1. The molecular weight excluding hydrogens is 662 g/mol. The predicted octanol–water partition coefficient (Wildman–Crippen LogP) is 8.78. The predicted molar refractivity (Wildman–Crippen MR) is 212 cm³/mol. The van der Waals surface area contributed by atoms with Crippen molar-refractivity contribution in [2.45, 2.75) is 84.1 Å². The van der Waals surface area contributed by atoms with Crippen molar-refractivity contribution in [3.63, 3.8) is 0 Å². The summed E-state index contributed by atoms with van der Waals surface area (Å²) >= 11 is 0. The molecule has 2 fully saturated rings. The Morgan fingerprint density at radius 3 is 1.38 bits per heavy atom. The van der Waals surface area contributed by atoms with Crippen LogP contribution in [0, 0.1) is 0 Å². The normalized spacial score (nSPS) is 18.3.